The molecule has 0 spiro atoms. The van der Waals surface area contributed by atoms with Gasteiger partial charge in [0.15, 0.2) is 0 Å². The van der Waals surface area contributed by atoms with Crippen molar-refractivity contribution in [1.82, 2.24) is 14.9 Å². The van der Waals surface area contributed by atoms with E-state index in [0.29, 0.717) is 24.9 Å². The number of hydrogen-bond donors (Lipinski definition) is 2. The zero-order valence-electron chi connectivity index (χ0n) is 13.2. The van der Waals surface area contributed by atoms with Gasteiger partial charge in [-0.05, 0) is 54.8 Å². The van der Waals surface area contributed by atoms with Crippen LogP contribution in [0.1, 0.15) is 22.3 Å². The second kappa shape index (κ2) is 6.09. The largest absolute Gasteiger partial charge is 0.391 e. The molecule has 2 N–H and O–H groups in total. The normalized spacial score (nSPS) is 20.6. The molecule has 24 heavy (non-hydrogen) atoms. The number of aliphatic hydroxyl groups is 1. The number of benzene rings is 1. The lowest BCUT2D eigenvalue weighted by Gasteiger charge is -2.26. The first-order valence-electron chi connectivity index (χ1n) is 8.17. The van der Waals surface area contributed by atoms with Crippen molar-refractivity contribution in [2.24, 2.45) is 0 Å². The molecule has 5 heteroatoms. The Morgan fingerprint density at radius 2 is 2.08 bits per heavy atom. The number of likely N-dealkylation sites (tertiary alicyclic amines) is 1. The van der Waals surface area contributed by atoms with Gasteiger partial charge < -0.3 is 15.0 Å². The molecular weight excluding hydrogens is 302 g/mol. The highest BCUT2D eigenvalue weighted by atomic mass is 16.3. The van der Waals surface area contributed by atoms with E-state index in [2.05, 4.69) is 9.97 Å². The molecule has 2 aromatic heterocycles. The van der Waals surface area contributed by atoms with E-state index in [9.17, 15) is 9.90 Å². The predicted octanol–water partition coefficient (Wildman–Crippen LogP) is 2.38. The molecule has 0 saturated carbocycles. The van der Waals surface area contributed by atoms with Gasteiger partial charge >= 0.3 is 0 Å². The van der Waals surface area contributed by atoms with Crippen LogP contribution >= 0.6 is 0 Å². The zero-order valence-corrected chi connectivity index (χ0v) is 13.2. The Morgan fingerprint density at radius 1 is 1.25 bits per heavy atom. The fourth-order valence-corrected chi connectivity index (χ4v) is 3.45. The molecule has 0 aliphatic carbocycles. The number of nitrogens with one attached hydrogen (secondary N) is 1. The van der Waals surface area contributed by atoms with Gasteiger partial charge in [0.1, 0.15) is 0 Å². The summed E-state index contributed by atoms with van der Waals surface area (Å²) in [6.07, 6.45) is 6.12. The first-order valence-corrected chi connectivity index (χ1v) is 8.17. The number of carbonyl (C=O) groups is 1. The van der Waals surface area contributed by atoms with Gasteiger partial charge in [0.2, 0.25) is 0 Å². The van der Waals surface area contributed by atoms with Crippen molar-refractivity contribution < 1.29 is 9.90 Å². The Hall–Kier alpha value is -2.66. The Balaban J connectivity index is 1.59. The van der Waals surface area contributed by atoms with Crippen molar-refractivity contribution in [1.29, 1.82) is 0 Å². The quantitative estimate of drug-likeness (QED) is 0.778. The molecule has 1 aromatic carbocycles. The minimum absolute atomic E-state index is 0.0197. The number of aliphatic hydroxyl groups excluding tert-OH is 1. The summed E-state index contributed by atoms with van der Waals surface area (Å²) in [7, 11) is 0. The number of nitrogens with zero attached hydrogens (tertiary/aromatic N) is 2. The van der Waals surface area contributed by atoms with Crippen LogP contribution in [0.2, 0.25) is 0 Å². The molecule has 1 saturated heterocycles. The molecule has 1 aliphatic rings. The number of amides is 1. The minimum Gasteiger partial charge on any atom is -0.391 e. The molecule has 1 amide bonds. The molecule has 3 aromatic rings. The van der Waals surface area contributed by atoms with E-state index in [1.807, 2.05) is 42.6 Å². The highest BCUT2D eigenvalue weighted by molar-refractivity contribution is 5.98. The van der Waals surface area contributed by atoms with Crippen LogP contribution in [0.4, 0.5) is 0 Å². The van der Waals surface area contributed by atoms with Gasteiger partial charge in [-0.3, -0.25) is 9.78 Å². The van der Waals surface area contributed by atoms with Gasteiger partial charge in [-0.15, -0.1) is 0 Å². The number of aromatic nitrogens is 2. The van der Waals surface area contributed by atoms with Crippen LogP contribution in [0.3, 0.4) is 0 Å². The summed E-state index contributed by atoms with van der Waals surface area (Å²) in [5.41, 5.74) is 2.76. The van der Waals surface area contributed by atoms with E-state index in [1.54, 1.807) is 17.3 Å². The molecule has 0 radical (unpaired) electrons. The van der Waals surface area contributed by atoms with Crippen LogP contribution in [0, 0.1) is 0 Å². The van der Waals surface area contributed by atoms with Gasteiger partial charge in [0, 0.05) is 41.6 Å². The highest BCUT2D eigenvalue weighted by Gasteiger charge is 2.36. The fourth-order valence-electron chi connectivity index (χ4n) is 3.45. The average molecular weight is 321 g/mol. The summed E-state index contributed by atoms with van der Waals surface area (Å²) in [4.78, 5) is 21.9. The number of aromatic amines is 1. The van der Waals surface area contributed by atoms with E-state index in [0.717, 1.165) is 16.5 Å². The maximum atomic E-state index is 13.0. The monoisotopic (exact) mass is 321 g/mol. The predicted molar refractivity (Wildman–Crippen MR) is 91.7 cm³/mol. The standard InChI is InChI=1S/C19H19N3O2/c23-18-6-10-22(17(18)11-13-3-7-20-8-4-13)19(24)15-1-2-16-14(12-15)5-9-21-16/h1-5,7-9,12,17-18,21,23H,6,10-11H2/t17-,18+/m0/s1. The molecule has 0 unspecified atom stereocenters. The SMILES string of the molecule is O=C(c1ccc2[nH]ccc2c1)N1CC[C@@H](O)[C@@H]1Cc1ccncc1. The van der Waals surface area contributed by atoms with Gasteiger partial charge in [-0.1, -0.05) is 0 Å². The van der Waals surface area contributed by atoms with Crippen molar-refractivity contribution in [3.05, 3.63) is 66.1 Å². The van der Waals surface area contributed by atoms with Crippen molar-refractivity contribution in [2.45, 2.75) is 25.0 Å². The zero-order chi connectivity index (χ0) is 16.5. The topological polar surface area (TPSA) is 69.2 Å². The van der Waals surface area contributed by atoms with Crippen LogP contribution in [-0.2, 0) is 6.42 Å². The fraction of sp³-hybridized carbons (Fsp3) is 0.263. The van der Waals surface area contributed by atoms with Gasteiger partial charge in [-0.25, -0.2) is 0 Å². The molecule has 4 rings (SSSR count). The Labute approximate surface area is 139 Å². The van der Waals surface area contributed by atoms with E-state index in [1.165, 1.54) is 0 Å². The Bertz CT molecular complexity index is 859. The smallest absolute Gasteiger partial charge is 0.254 e. The van der Waals surface area contributed by atoms with Crippen LogP contribution in [-0.4, -0.2) is 44.6 Å². The van der Waals surface area contributed by atoms with Crippen LogP contribution < -0.4 is 0 Å². The first kappa shape index (κ1) is 14.9. The van der Waals surface area contributed by atoms with Crippen LogP contribution in [0.25, 0.3) is 10.9 Å². The van der Waals surface area contributed by atoms with E-state index < -0.39 is 6.10 Å². The van der Waals surface area contributed by atoms with Crippen LogP contribution in [0.15, 0.2) is 55.0 Å². The average Bonchev–Trinajstić information content (AvgIpc) is 3.22. The number of hydrogen-bond acceptors (Lipinski definition) is 3. The van der Waals surface area contributed by atoms with E-state index >= 15 is 0 Å². The number of carbonyl (C=O) groups excluding carboxylic acids is 1. The van der Waals surface area contributed by atoms with Crippen molar-refractivity contribution in [2.75, 3.05) is 6.54 Å². The third-order valence-corrected chi connectivity index (χ3v) is 4.77. The molecule has 5 nitrogen and oxygen atoms in total. The maximum Gasteiger partial charge on any atom is 0.254 e. The third-order valence-electron chi connectivity index (χ3n) is 4.77. The summed E-state index contributed by atoms with van der Waals surface area (Å²) in [5.74, 6) is -0.0197. The maximum absolute atomic E-state index is 13.0. The lowest BCUT2D eigenvalue weighted by Crippen LogP contribution is -2.41. The number of fused-ring (bicyclic) bond motifs is 1. The molecule has 1 aliphatic heterocycles. The highest BCUT2D eigenvalue weighted by Crippen LogP contribution is 2.25. The molecule has 0 bridgehead atoms. The number of rotatable bonds is 3. The lowest BCUT2D eigenvalue weighted by molar-refractivity contribution is 0.0640. The number of H-pyrrole nitrogens is 1. The number of pyridine rings is 1. The van der Waals surface area contributed by atoms with Crippen molar-refractivity contribution >= 4 is 16.8 Å². The molecular formula is C19H19N3O2. The van der Waals surface area contributed by atoms with Gasteiger partial charge in [-0.2, -0.15) is 0 Å². The third kappa shape index (κ3) is 2.67. The summed E-state index contributed by atoms with van der Waals surface area (Å²) in [5, 5.41) is 11.4. The van der Waals surface area contributed by atoms with E-state index in [4.69, 9.17) is 0 Å². The summed E-state index contributed by atoms with van der Waals surface area (Å²) >= 11 is 0. The van der Waals surface area contributed by atoms with Gasteiger partial charge in [0.05, 0.1) is 12.1 Å². The van der Waals surface area contributed by atoms with Crippen molar-refractivity contribution in [3.63, 3.8) is 0 Å². The molecule has 1 fully saturated rings. The Morgan fingerprint density at radius 3 is 2.92 bits per heavy atom. The lowest BCUT2D eigenvalue weighted by atomic mass is 10.0. The van der Waals surface area contributed by atoms with Crippen LogP contribution in [0.5, 0.6) is 0 Å². The second-order valence-electron chi connectivity index (χ2n) is 6.26. The molecule has 3 heterocycles. The molecule has 122 valence electrons. The Kier molecular flexibility index (Phi) is 3.78. The summed E-state index contributed by atoms with van der Waals surface area (Å²) in [6.45, 7) is 0.584. The van der Waals surface area contributed by atoms with Crippen molar-refractivity contribution in [3.8, 4) is 0 Å². The van der Waals surface area contributed by atoms with Gasteiger partial charge in [0.25, 0.3) is 5.91 Å². The first-order chi connectivity index (χ1) is 11.7. The minimum atomic E-state index is -0.488. The van der Waals surface area contributed by atoms with E-state index in [-0.39, 0.29) is 11.9 Å². The summed E-state index contributed by atoms with van der Waals surface area (Å²) in [6, 6.07) is 11.3. The second-order valence-corrected chi connectivity index (χ2v) is 6.26. The molecule has 2 atom stereocenters. The summed E-state index contributed by atoms with van der Waals surface area (Å²) < 4.78 is 0.